The molecule has 2 aromatic rings. The molecule has 0 aliphatic rings. The Morgan fingerprint density at radius 3 is 2.63 bits per heavy atom. The van der Waals surface area contributed by atoms with E-state index in [1.165, 1.54) is 18.2 Å². The fraction of sp³-hybridized carbons (Fsp3) is 0.222. The number of rotatable bonds is 7. The number of amides is 1. The third kappa shape index (κ3) is 6.77. The van der Waals surface area contributed by atoms with Gasteiger partial charge >= 0.3 is 6.18 Å². The van der Waals surface area contributed by atoms with Crippen molar-refractivity contribution in [2.45, 2.75) is 19.0 Å². The van der Waals surface area contributed by atoms with E-state index in [1.54, 1.807) is 18.2 Å². The Kier molecular flexibility index (Phi) is 7.50. The molecule has 0 unspecified atom stereocenters. The monoisotopic (exact) mass is 418 g/mol. The lowest BCUT2D eigenvalue weighted by Crippen LogP contribution is -2.18. The number of ether oxygens (including phenoxy) is 1. The van der Waals surface area contributed by atoms with Crippen molar-refractivity contribution in [2.75, 3.05) is 6.61 Å². The van der Waals surface area contributed by atoms with E-state index in [0.717, 1.165) is 12.3 Å². The Morgan fingerprint density at radius 1 is 1.19 bits per heavy atom. The molecule has 0 bridgehead atoms. The Bertz CT molecular complexity index is 826. The van der Waals surface area contributed by atoms with E-state index in [1.807, 2.05) is 0 Å². The molecular formula is C18H15Cl2F3N2O2. The number of nitrogens with one attached hydrogen (secondary N) is 1. The number of hydrazone groups is 1. The van der Waals surface area contributed by atoms with Gasteiger partial charge in [-0.05, 0) is 30.7 Å². The van der Waals surface area contributed by atoms with E-state index < -0.39 is 17.6 Å². The Hall–Kier alpha value is -2.25. The first-order valence-corrected chi connectivity index (χ1v) is 8.59. The Labute approximate surface area is 163 Å². The summed E-state index contributed by atoms with van der Waals surface area (Å²) in [6.07, 6.45) is -3.07. The summed E-state index contributed by atoms with van der Waals surface area (Å²) >= 11 is 11.7. The van der Waals surface area contributed by atoms with Gasteiger partial charge in [0.1, 0.15) is 5.75 Å². The maximum Gasteiger partial charge on any atom is 0.417 e. The first-order valence-electron chi connectivity index (χ1n) is 7.83. The predicted molar refractivity (Wildman–Crippen MR) is 98.4 cm³/mol. The van der Waals surface area contributed by atoms with E-state index in [-0.39, 0.29) is 18.6 Å². The van der Waals surface area contributed by atoms with Crippen LogP contribution in [0.25, 0.3) is 0 Å². The molecule has 2 aromatic carbocycles. The molecule has 0 atom stereocenters. The van der Waals surface area contributed by atoms with Gasteiger partial charge in [0.25, 0.3) is 0 Å². The summed E-state index contributed by atoms with van der Waals surface area (Å²) in [4.78, 5) is 11.7. The minimum atomic E-state index is -4.49. The fourth-order valence-corrected chi connectivity index (χ4v) is 2.57. The molecule has 0 aromatic heterocycles. The van der Waals surface area contributed by atoms with Gasteiger partial charge in [-0.2, -0.15) is 18.3 Å². The van der Waals surface area contributed by atoms with Crippen LogP contribution >= 0.6 is 23.2 Å². The maximum absolute atomic E-state index is 12.9. The molecule has 1 N–H and O–H groups in total. The van der Waals surface area contributed by atoms with Gasteiger partial charge in [-0.3, -0.25) is 4.79 Å². The summed E-state index contributed by atoms with van der Waals surface area (Å²) in [6, 6.07) is 9.74. The summed E-state index contributed by atoms with van der Waals surface area (Å²) in [5.41, 5.74) is 1.24. The van der Waals surface area contributed by atoms with Crippen LogP contribution in [0.15, 0.2) is 47.6 Å². The fourth-order valence-electron chi connectivity index (χ4n) is 2.10. The zero-order chi connectivity index (χ0) is 19.9. The highest BCUT2D eigenvalue weighted by atomic mass is 35.5. The zero-order valence-electron chi connectivity index (χ0n) is 13.9. The average molecular weight is 419 g/mol. The second-order valence-corrected chi connectivity index (χ2v) is 6.25. The minimum absolute atomic E-state index is 0.0868. The van der Waals surface area contributed by atoms with Crippen molar-refractivity contribution >= 4 is 35.3 Å². The number of benzene rings is 2. The van der Waals surface area contributed by atoms with Crippen molar-refractivity contribution in [3.05, 3.63) is 63.6 Å². The van der Waals surface area contributed by atoms with Gasteiger partial charge < -0.3 is 4.74 Å². The number of nitrogens with zero attached hydrogens (tertiary/aromatic N) is 1. The molecule has 0 fully saturated rings. The number of carbonyl (C=O) groups excluding carboxylic acids is 1. The van der Waals surface area contributed by atoms with Crippen LogP contribution in [-0.4, -0.2) is 18.7 Å². The number of alkyl halides is 3. The Morgan fingerprint density at radius 2 is 1.93 bits per heavy atom. The van der Waals surface area contributed by atoms with Crippen molar-refractivity contribution in [3.8, 4) is 5.75 Å². The van der Waals surface area contributed by atoms with Gasteiger partial charge in [-0.1, -0.05) is 41.4 Å². The van der Waals surface area contributed by atoms with Crippen molar-refractivity contribution in [1.82, 2.24) is 5.43 Å². The van der Waals surface area contributed by atoms with Crippen molar-refractivity contribution in [2.24, 2.45) is 5.10 Å². The molecule has 1 amide bonds. The molecule has 0 saturated heterocycles. The highest BCUT2D eigenvalue weighted by Gasteiger charge is 2.32. The normalized spacial score (nSPS) is 11.6. The number of halogens is 5. The van der Waals surface area contributed by atoms with Gasteiger partial charge in [-0.15, -0.1) is 0 Å². The van der Waals surface area contributed by atoms with E-state index in [0.29, 0.717) is 22.2 Å². The summed E-state index contributed by atoms with van der Waals surface area (Å²) in [6.45, 7) is 0.232. The lowest BCUT2D eigenvalue weighted by Gasteiger charge is -2.09. The smallest absolute Gasteiger partial charge is 0.417 e. The summed E-state index contributed by atoms with van der Waals surface area (Å²) in [5, 5.41) is 4.42. The summed E-state index contributed by atoms with van der Waals surface area (Å²) in [5.74, 6) is 0.00444. The molecule has 27 heavy (non-hydrogen) atoms. The lowest BCUT2D eigenvalue weighted by atomic mass is 10.1. The molecule has 144 valence electrons. The van der Waals surface area contributed by atoms with Gasteiger partial charge in [0.15, 0.2) is 0 Å². The predicted octanol–water partition coefficient (Wildman–Crippen LogP) is 5.32. The molecular weight excluding hydrogens is 404 g/mol. The van der Waals surface area contributed by atoms with Crippen LogP contribution in [0.3, 0.4) is 0 Å². The van der Waals surface area contributed by atoms with Crippen LogP contribution < -0.4 is 10.2 Å². The first-order chi connectivity index (χ1) is 12.8. The van der Waals surface area contributed by atoms with Crippen LogP contribution in [0.5, 0.6) is 5.75 Å². The third-order valence-electron chi connectivity index (χ3n) is 3.36. The van der Waals surface area contributed by atoms with Crippen LogP contribution in [-0.2, 0) is 11.0 Å². The molecule has 0 heterocycles. The van der Waals surface area contributed by atoms with Crippen LogP contribution in [0.2, 0.25) is 10.0 Å². The molecule has 0 aliphatic carbocycles. The van der Waals surface area contributed by atoms with Crippen LogP contribution in [0.4, 0.5) is 13.2 Å². The van der Waals surface area contributed by atoms with Crippen LogP contribution in [0, 0.1) is 0 Å². The third-order valence-corrected chi connectivity index (χ3v) is 3.89. The van der Waals surface area contributed by atoms with Crippen LogP contribution in [0.1, 0.15) is 24.0 Å². The summed E-state index contributed by atoms with van der Waals surface area (Å²) < 4.78 is 44.0. The zero-order valence-corrected chi connectivity index (χ0v) is 15.4. The van der Waals surface area contributed by atoms with Crippen molar-refractivity contribution < 1.29 is 22.7 Å². The van der Waals surface area contributed by atoms with E-state index in [4.69, 9.17) is 27.9 Å². The molecule has 9 heteroatoms. The van der Waals surface area contributed by atoms with Crippen molar-refractivity contribution in [1.29, 1.82) is 0 Å². The topological polar surface area (TPSA) is 50.7 Å². The standard InChI is InChI=1S/C18H15Cl2F3N2O2/c19-13-7-8-16(15(20)10-13)27-9-3-6-17(26)25-24-11-12-4-1-2-5-14(12)18(21,22)23/h1-2,4-5,7-8,10-11H,3,6,9H2,(H,25,26). The van der Waals surface area contributed by atoms with E-state index >= 15 is 0 Å². The van der Waals surface area contributed by atoms with Gasteiger partial charge in [0, 0.05) is 17.0 Å². The number of hydrogen-bond acceptors (Lipinski definition) is 3. The van der Waals surface area contributed by atoms with E-state index in [9.17, 15) is 18.0 Å². The molecule has 0 aliphatic heterocycles. The molecule has 0 saturated carbocycles. The van der Waals surface area contributed by atoms with E-state index in [2.05, 4.69) is 10.5 Å². The largest absolute Gasteiger partial charge is 0.492 e. The molecule has 2 rings (SSSR count). The van der Waals surface area contributed by atoms with Crippen molar-refractivity contribution in [3.63, 3.8) is 0 Å². The average Bonchev–Trinajstić information content (AvgIpc) is 2.60. The highest BCUT2D eigenvalue weighted by molar-refractivity contribution is 6.35. The first kappa shape index (κ1) is 21.1. The number of hydrogen-bond donors (Lipinski definition) is 1. The number of carbonyl (C=O) groups is 1. The Balaban J connectivity index is 1.77. The minimum Gasteiger partial charge on any atom is -0.492 e. The lowest BCUT2D eigenvalue weighted by molar-refractivity contribution is -0.137. The molecule has 0 radical (unpaired) electrons. The quantitative estimate of drug-likeness (QED) is 0.375. The second-order valence-electron chi connectivity index (χ2n) is 5.40. The second kappa shape index (κ2) is 9.62. The maximum atomic E-state index is 12.9. The molecule has 4 nitrogen and oxygen atoms in total. The summed E-state index contributed by atoms with van der Waals surface area (Å²) in [7, 11) is 0. The van der Waals surface area contributed by atoms with Gasteiger partial charge in [0.2, 0.25) is 5.91 Å². The molecule has 0 spiro atoms. The SMILES string of the molecule is O=C(CCCOc1ccc(Cl)cc1Cl)NN=Cc1ccccc1C(F)(F)F. The van der Waals surface area contributed by atoms with Gasteiger partial charge in [0.05, 0.1) is 23.4 Å². The van der Waals surface area contributed by atoms with Gasteiger partial charge in [-0.25, -0.2) is 5.43 Å². The highest BCUT2D eigenvalue weighted by Crippen LogP contribution is 2.31.